The summed E-state index contributed by atoms with van der Waals surface area (Å²) < 4.78 is 14.1. The average molecular weight is 373 g/mol. The van der Waals surface area contributed by atoms with E-state index in [0.29, 0.717) is 0 Å². The molecule has 0 amide bonds. The Bertz CT molecular complexity index is 586. The van der Waals surface area contributed by atoms with Gasteiger partial charge < -0.3 is 5.32 Å². The van der Waals surface area contributed by atoms with Gasteiger partial charge in [-0.05, 0) is 58.2 Å². The van der Waals surface area contributed by atoms with Crippen LogP contribution in [0.1, 0.15) is 47.0 Å². The van der Waals surface area contributed by atoms with Crippen molar-refractivity contribution in [3.63, 3.8) is 0 Å². The lowest BCUT2D eigenvalue weighted by Crippen LogP contribution is -2.40. The summed E-state index contributed by atoms with van der Waals surface area (Å²) in [5, 5.41) is 14.4. The fourth-order valence-electron chi connectivity index (χ4n) is 4.00. The molecule has 0 radical (unpaired) electrons. The fourth-order valence-corrected chi connectivity index (χ4v) is 4.32. The van der Waals surface area contributed by atoms with Crippen LogP contribution in [0.25, 0.3) is 0 Å². The highest BCUT2D eigenvalue weighted by atomic mass is 79.9. The molecule has 1 N–H and O–H groups in total. The molecular weight excluding hydrogens is 351 g/mol. The number of nitro groups is 1. The summed E-state index contributed by atoms with van der Waals surface area (Å²) in [6.07, 6.45) is 2.92. The van der Waals surface area contributed by atoms with E-state index in [0.717, 1.165) is 19.3 Å². The quantitative estimate of drug-likeness (QED) is 0.561. The van der Waals surface area contributed by atoms with E-state index in [9.17, 15) is 14.5 Å². The minimum Gasteiger partial charge on any atom is -0.377 e. The zero-order chi connectivity index (χ0) is 16.7. The van der Waals surface area contributed by atoms with Gasteiger partial charge in [0.25, 0.3) is 0 Å². The van der Waals surface area contributed by atoms with Gasteiger partial charge in [-0.3, -0.25) is 10.1 Å². The van der Waals surface area contributed by atoms with Crippen LogP contribution in [0.3, 0.4) is 0 Å². The number of hydrogen-bond donors (Lipinski definition) is 1. The topological polar surface area (TPSA) is 55.2 Å². The predicted molar refractivity (Wildman–Crippen MR) is 89.6 cm³/mol. The highest BCUT2D eigenvalue weighted by molar-refractivity contribution is 9.10. The summed E-state index contributed by atoms with van der Waals surface area (Å²) in [5.41, 5.74) is 0.0734. The van der Waals surface area contributed by atoms with Crippen LogP contribution >= 0.6 is 15.9 Å². The Morgan fingerprint density at radius 2 is 1.82 bits per heavy atom. The molecule has 122 valence electrons. The van der Waals surface area contributed by atoms with Crippen LogP contribution in [0, 0.1) is 26.8 Å². The third-order valence-corrected chi connectivity index (χ3v) is 4.78. The summed E-state index contributed by atoms with van der Waals surface area (Å²) in [7, 11) is 0. The molecule has 1 aliphatic rings. The van der Waals surface area contributed by atoms with E-state index in [1.165, 1.54) is 6.07 Å². The smallest absolute Gasteiger partial charge is 0.328 e. The Hall–Kier alpha value is -1.17. The molecule has 22 heavy (non-hydrogen) atoms. The van der Waals surface area contributed by atoms with Gasteiger partial charge in [0.05, 0.1) is 9.40 Å². The van der Waals surface area contributed by atoms with Crippen molar-refractivity contribution in [2.45, 2.75) is 53.0 Å². The van der Waals surface area contributed by atoms with Gasteiger partial charge in [-0.25, -0.2) is 0 Å². The standard InChI is InChI=1S/C16H22BrFN2O2/c1-15(2)7-10(8-16(3,4)9-15)19-12-6-5-11(17)13(18)14(12)20(21)22/h5-6,10,19H,7-9H2,1-4H3. The van der Waals surface area contributed by atoms with Gasteiger partial charge in [-0.15, -0.1) is 0 Å². The normalized spacial score (nSPS) is 20.6. The maximum Gasteiger partial charge on any atom is 0.328 e. The Kier molecular flexibility index (Phi) is 4.53. The van der Waals surface area contributed by atoms with E-state index in [1.807, 2.05) is 0 Å². The minimum atomic E-state index is -0.829. The highest BCUT2D eigenvalue weighted by Crippen LogP contribution is 2.47. The molecular formula is C16H22BrFN2O2. The van der Waals surface area contributed by atoms with Crippen molar-refractivity contribution in [3.8, 4) is 0 Å². The van der Waals surface area contributed by atoms with Gasteiger partial charge in [0.2, 0.25) is 5.82 Å². The third kappa shape index (κ3) is 3.77. The highest BCUT2D eigenvalue weighted by Gasteiger charge is 2.39. The zero-order valence-electron chi connectivity index (χ0n) is 13.4. The van der Waals surface area contributed by atoms with Crippen molar-refractivity contribution in [1.82, 2.24) is 0 Å². The van der Waals surface area contributed by atoms with E-state index >= 15 is 0 Å². The average Bonchev–Trinajstić information content (AvgIpc) is 2.29. The first-order valence-corrected chi connectivity index (χ1v) is 8.19. The van der Waals surface area contributed by atoms with Crippen molar-refractivity contribution < 1.29 is 9.31 Å². The second-order valence-electron chi connectivity index (χ2n) is 7.77. The molecule has 0 aromatic heterocycles. The monoisotopic (exact) mass is 372 g/mol. The molecule has 1 fully saturated rings. The number of anilines is 1. The number of nitro benzene ring substituents is 1. The van der Waals surface area contributed by atoms with Crippen LogP contribution in [-0.2, 0) is 0 Å². The first-order chi connectivity index (χ1) is 10.0. The van der Waals surface area contributed by atoms with Crippen LogP contribution in [0.5, 0.6) is 0 Å². The van der Waals surface area contributed by atoms with Crippen molar-refractivity contribution in [2.75, 3.05) is 5.32 Å². The van der Waals surface area contributed by atoms with E-state index in [-0.39, 0.29) is 27.0 Å². The SMILES string of the molecule is CC1(C)CC(Nc2ccc(Br)c(F)c2[N+](=O)[O-])CC(C)(C)C1. The Balaban J connectivity index is 2.31. The van der Waals surface area contributed by atoms with Crippen molar-refractivity contribution in [2.24, 2.45) is 10.8 Å². The van der Waals surface area contributed by atoms with E-state index < -0.39 is 16.4 Å². The maximum atomic E-state index is 14.0. The van der Waals surface area contributed by atoms with Crippen molar-refractivity contribution in [3.05, 3.63) is 32.5 Å². The lowest BCUT2D eigenvalue weighted by molar-refractivity contribution is -0.386. The molecule has 0 unspecified atom stereocenters. The van der Waals surface area contributed by atoms with Gasteiger partial charge in [0, 0.05) is 6.04 Å². The maximum absolute atomic E-state index is 14.0. The largest absolute Gasteiger partial charge is 0.377 e. The molecule has 1 aliphatic carbocycles. The minimum absolute atomic E-state index is 0.0954. The first-order valence-electron chi connectivity index (χ1n) is 7.40. The summed E-state index contributed by atoms with van der Waals surface area (Å²) in [4.78, 5) is 10.5. The van der Waals surface area contributed by atoms with E-state index in [1.54, 1.807) is 6.07 Å². The van der Waals surface area contributed by atoms with Crippen LogP contribution in [0.4, 0.5) is 15.8 Å². The number of hydrogen-bond acceptors (Lipinski definition) is 3. The Morgan fingerprint density at radius 1 is 1.27 bits per heavy atom. The number of nitrogens with one attached hydrogen (secondary N) is 1. The Morgan fingerprint density at radius 3 is 2.32 bits per heavy atom. The number of benzene rings is 1. The number of halogens is 2. The molecule has 6 heteroatoms. The molecule has 0 atom stereocenters. The lowest BCUT2D eigenvalue weighted by atomic mass is 9.63. The second-order valence-corrected chi connectivity index (χ2v) is 8.62. The summed E-state index contributed by atoms with van der Waals surface area (Å²) >= 11 is 3.00. The molecule has 4 nitrogen and oxygen atoms in total. The first kappa shape index (κ1) is 17.2. The van der Waals surface area contributed by atoms with Crippen molar-refractivity contribution in [1.29, 1.82) is 0 Å². The molecule has 2 rings (SSSR count). The molecule has 0 heterocycles. The number of rotatable bonds is 3. The second kappa shape index (κ2) is 5.80. The van der Waals surface area contributed by atoms with Crippen LogP contribution in [0.2, 0.25) is 0 Å². The molecule has 0 aliphatic heterocycles. The van der Waals surface area contributed by atoms with Gasteiger partial charge >= 0.3 is 5.69 Å². The molecule has 0 saturated heterocycles. The van der Waals surface area contributed by atoms with Gasteiger partial charge in [0.15, 0.2) is 0 Å². The Labute approximate surface area is 138 Å². The molecule has 0 bridgehead atoms. The van der Waals surface area contributed by atoms with Crippen LogP contribution in [-0.4, -0.2) is 11.0 Å². The van der Waals surface area contributed by atoms with Gasteiger partial charge in [-0.2, -0.15) is 4.39 Å². The van der Waals surface area contributed by atoms with Crippen LogP contribution in [0.15, 0.2) is 16.6 Å². The predicted octanol–water partition coefficient (Wildman–Crippen LogP) is 5.51. The molecule has 1 aromatic carbocycles. The van der Waals surface area contributed by atoms with E-state index in [2.05, 4.69) is 48.9 Å². The summed E-state index contributed by atoms with van der Waals surface area (Å²) in [6, 6.07) is 3.17. The zero-order valence-corrected chi connectivity index (χ0v) is 15.0. The van der Waals surface area contributed by atoms with Gasteiger partial charge in [0.1, 0.15) is 5.69 Å². The van der Waals surface area contributed by atoms with Gasteiger partial charge in [-0.1, -0.05) is 27.7 Å². The van der Waals surface area contributed by atoms with Crippen molar-refractivity contribution >= 4 is 27.3 Å². The summed E-state index contributed by atoms with van der Waals surface area (Å²) in [6.45, 7) is 8.83. The van der Waals surface area contributed by atoms with E-state index in [4.69, 9.17) is 0 Å². The fraction of sp³-hybridized carbons (Fsp3) is 0.625. The molecule has 1 saturated carbocycles. The summed E-state index contributed by atoms with van der Waals surface area (Å²) in [5.74, 6) is -0.829. The molecule has 0 spiro atoms. The number of nitrogens with zero attached hydrogens (tertiary/aromatic N) is 1. The van der Waals surface area contributed by atoms with Crippen LogP contribution < -0.4 is 5.32 Å². The third-order valence-electron chi connectivity index (χ3n) is 4.17. The molecule has 1 aromatic rings. The lowest BCUT2D eigenvalue weighted by Gasteiger charge is -2.45.